The quantitative estimate of drug-likeness (QED) is 0.639. The summed E-state index contributed by atoms with van der Waals surface area (Å²) in [5.41, 5.74) is 2.82. The van der Waals surface area contributed by atoms with Gasteiger partial charge in [0.05, 0.1) is 37.7 Å². The van der Waals surface area contributed by atoms with E-state index in [9.17, 15) is 8.42 Å². The lowest BCUT2D eigenvalue weighted by molar-refractivity contribution is 0.356. The molecule has 0 atom stereocenters. The van der Waals surface area contributed by atoms with E-state index in [1.54, 1.807) is 32.5 Å². The molecule has 8 nitrogen and oxygen atoms in total. The minimum Gasteiger partial charge on any atom is -0.493 e. The average molecular weight is 360 g/mol. The van der Waals surface area contributed by atoms with Gasteiger partial charge in [-0.2, -0.15) is 0 Å². The molecule has 3 aromatic rings. The Morgan fingerprint density at radius 2 is 1.80 bits per heavy atom. The van der Waals surface area contributed by atoms with Crippen LogP contribution in [-0.2, 0) is 17.4 Å². The van der Waals surface area contributed by atoms with E-state index in [2.05, 4.69) is 19.7 Å². The van der Waals surface area contributed by atoms with Crippen LogP contribution in [0.1, 0.15) is 5.69 Å². The van der Waals surface area contributed by atoms with Crippen molar-refractivity contribution in [1.82, 2.24) is 19.7 Å². The zero-order valence-corrected chi connectivity index (χ0v) is 14.5. The van der Waals surface area contributed by atoms with Crippen LogP contribution in [0.25, 0.3) is 22.2 Å². The molecule has 25 heavy (non-hydrogen) atoms. The van der Waals surface area contributed by atoms with Crippen molar-refractivity contribution in [2.24, 2.45) is 0 Å². The number of methoxy groups -OCH3 is 2. The summed E-state index contributed by atoms with van der Waals surface area (Å²) in [7, 11) is 0.488. The molecular weight excluding hydrogens is 344 g/mol. The van der Waals surface area contributed by atoms with Gasteiger partial charge in [0.2, 0.25) is 10.9 Å². The number of ether oxygens (including phenoxy) is 2. The first-order valence-electron chi connectivity index (χ1n) is 7.32. The summed E-state index contributed by atoms with van der Waals surface area (Å²) >= 11 is 0. The van der Waals surface area contributed by atoms with Crippen LogP contribution in [0, 0.1) is 0 Å². The Hall–Kier alpha value is -2.78. The summed E-state index contributed by atoms with van der Waals surface area (Å²) in [6, 6.07) is 7.19. The van der Waals surface area contributed by atoms with E-state index in [0.717, 1.165) is 16.5 Å². The molecule has 2 aromatic heterocycles. The van der Waals surface area contributed by atoms with Crippen molar-refractivity contribution < 1.29 is 17.9 Å². The second-order valence-electron chi connectivity index (χ2n) is 5.08. The molecular formula is C16H16N4O4S. The maximum Gasteiger partial charge on any atom is 0.201 e. The maximum atomic E-state index is 10.6. The van der Waals surface area contributed by atoms with E-state index >= 15 is 0 Å². The summed E-state index contributed by atoms with van der Waals surface area (Å²) in [5.74, 6) is 1.17. The monoisotopic (exact) mass is 360 g/mol. The maximum absolute atomic E-state index is 10.6. The Kier molecular flexibility index (Phi) is 5.05. The molecule has 0 saturated carbocycles. The molecule has 0 spiro atoms. The van der Waals surface area contributed by atoms with Crippen molar-refractivity contribution in [1.29, 1.82) is 0 Å². The first-order chi connectivity index (χ1) is 12.1. The van der Waals surface area contributed by atoms with Crippen molar-refractivity contribution in [3.63, 3.8) is 0 Å². The molecule has 0 fully saturated rings. The predicted octanol–water partition coefficient (Wildman–Crippen LogP) is 1.32. The first kappa shape index (κ1) is 17.1. The first-order valence-corrected chi connectivity index (χ1v) is 8.50. The highest BCUT2D eigenvalue weighted by Crippen LogP contribution is 2.34. The molecule has 1 N–H and O–H groups in total. The molecule has 2 heterocycles. The van der Waals surface area contributed by atoms with Crippen LogP contribution in [0.15, 0.2) is 36.8 Å². The number of nitrogens with zero attached hydrogens (tertiary/aromatic N) is 3. The molecule has 3 rings (SSSR count). The number of aromatic nitrogens is 3. The van der Waals surface area contributed by atoms with Crippen LogP contribution >= 0.6 is 0 Å². The minimum absolute atomic E-state index is 0.147. The van der Waals surface area contributed by atoms with Crippen LogP contribution in [0.2, 0.25) is 0 Å². The largest absolute Gasteiger partial charge is 0.493 e. The third-order valence-corrected chi connectivity index (χ3v) is 4.04. The van der Waals surface area contributed by atoms with Gasteiger partial charge in [0, 0.05) is 23.2 Å². The fourth-order valence-corrected chi connectivity index (χ4v) is 2.72. The molecule has 0 bridgehead atoms. The Labute approximate surface area is 145 Å². The van der Waals surface area contributed by atoms with Crippen molar-refractivity contribution in [3.05, 3.63) is 42.5 Å². The summed E-state index contributed by atoms with van der Waals surface area (Å²) in [6.07, 6.45) is 3.12. The van der Waals surface area contributed by atoms with Gasteiger partial charge in [-0.1, -0.05) is 0 Å². The molecule has 0 radical (unpaired) electrons. The molecule has 9 heteroatoms. The van der Waals surface area contributed by atoms with Crippen LogP contribution in [0.5, 0.6) is 11.5 Å². The van der Waals surface area contributed by atoms with Gasteiger partial charge in [0.15, 0.2) is 11.5 Å². The van der Waals surface area contributed by atoms with Crippen molar-refractivity contribution >= 4 is 21.8 Å². The number of rotatable bonds is 6. The van der Waals surface area contributed by atoms with E-state index in [1.165, 1.54) is 6.33 Å². The zero-order chi connectivity index (χ0) is 17.8. The topological polar surface area (TPSA) is 103 Å². The Morgan fingerprint density at radius 3 is 2.44 bits per heavy atom. The van der Waals surface area contributed by atoms with E-state index in [4.69, 9.17) is 9.47 Å². The number of hydrogen-bond donors (Lipinski definition) is 2. The smallest absolute Gasteiger partial charge is 0.201 e. The van der Waals surface area contributed by atoms with Crippen molar-refractivity contribution in [2.45, 2.75) is 6.54 Å². The van der Waals surface area contributed by atoms with Gasteiger partial charge in [0.1, 0.15) is 6.33 Å². The highest BCUT2D eigenvalue weighted by Gasteiger charge is 2.12. The van der Waals surface area contributed by atoms with Crippen molar-refractivity contribution in [2.75, 3.05) is 14.2 Å². The summed E-state index contributed by atoms with van der Waals surface area (Å²) in [5, 5.41) is 0.801. The Bertz CT molecular complexity index is 966. The van der Waals surface area contributed by atoms with E-state index in [0.29, 0.717) is 22.9 Å². The number of pyridine rings is 1. The third kappa shape index (κ3) is 3.67. The van der Waals surface area contributed by atoms with Gasteiger partial charge < -0.3 is 9.47 Å². The summed E-state index contributed by atoms with van der Waals surface area (Å²) in [4.78, 5) is 12.9. The fourth-order valence-electron chi connectivity index (χ4n) is 2.43. The van der Waals surface area contributed by atoms with Gasteiger partial charge in [-0.15, -0.1) is 0 Å². The van der Waals surface area contributed by atoms with Crippen LogP contribution in [-0.4, -0.2) is 37.6 Å². The van der Waals surface area contributed by atoms with Gasteiger partial charge in [-0.3, -0.25) is 4.98 Å². The number of nitrogens with one attached hydrogen (secondary N) is 1. The lowest BCUT2D eigenvalue weighted by Gasteiger charge is -2.11. The Morgan fingerprint density at radius 1 is 1.04 bits per heavy atom. The highest BCUT2D eigenvalue weighted by atomic mass is 32.2. The van der Waals surface area contributed by atoms with Gasteiger partial charge in [-0.25, -0.2) is 23.1 Å². The number of thiol groups is 1. The van der Waals surface area contributed by atoms with Gasteiger partial charge in [0.25, 0.3) is 0 Å². The third-order valence-electron chi connectivity index (χ3n) is 3.63. The van der Waals surface area contributed by atoms with Gasteiger partial charge >= 0.3 is 0 Å². The molecule has 0 aliphatic heterocycles. The van der Waals surface area contributed by atoms with Crippen LogP contribution < -0.4 is 14.2 Å². The predicted molar refractivity (Wildman–Crippen MR) is 93.0 cm³/mol. The number of benzene rings is 1. The molecule has 0 aliphatic rings. The normalized spacial score (nSPS) is 11.0. The second-order valence-corrected chi connectivity index (χ2v) is 5.91. The molecule has 0 aliphatic carbocycles. The SMILES string of the molecule is COc1cc2ncnc(-c3ccc(CN[SH](=O)=O)nc3)c2cc1OC. The Balaban J connectivity index is 2.03. The molecule has 130 valence electrons. The molecule has 0 saturated heterocycles. The van der Waals surface area contributed by atoms with Crippen LogP contribution in [0.4, 0.5) is 0 Å². The lowest BCUT2D eigenvalue weighted by Crippen LogP contribution is -2.11. The molecule has 0 unspecified atom stereocenters. The zero-order valence-electron chi connectivity index (χ0n) is 13.6. The highest BCUT2D eigenvalue weighted by molar-refractivity contribution is 7.70. The lowest BCUT2D eigenvalue weighted by atomic mass is 10.1. The second kappa shape index (κ2) is 7.41. The number of fused-ring (bicyclic) bond motifs is 1. The average Bonchev–Trinajstić information content (AvgIpc) is 2.65. The van der Waals surface area contributed by atoms with Crippen LogP contribution in [0.3, 0.4) is 0 Å². The summed E-state index contributed by atoms with van der Waals surface area (Å²) in [6.45, 7) is 0.147. The summed E-state index contributed by atoms with van der Waals surface area (Å²) < 4.78 is 34.1. The minimum atomic E-state index is -2.65. The van der Waals surface area contributed by atoms with E-state index in [1.807, 2.05) is 12.1 Å². The standard InChI is InChI=1S/C16H16N4O4S/c1-23-14-5-12-13(6-15(14)24-2)18-9-19-16(12)10-3-4-11(17-7-10)8-20-25(21)22/h3-7,9,25H,8H2,1-2H3,(H,20,21,22). The van der Waals surface area contributed by atoms with Crippen molar-refractivity contribution in [3.8, 4) is 22.8 Å². The molecule has 1 aromatic carbocycles. The van der Waals surface area contributed by atoms with Gasteiger partial charge in [-0.05, 0) is 18.2 Å². The fraction of sp³-hybridized carbons (Fsp3) is 0.188. The molecule has 0 amide bonds. The number of hydrogen-bond acceptors (Lipinski definition) is 7. The van der Waals surface area contributed by atoms with E-state index < -0.39 is 10.9 Å². The van der Waals surface area contributed by atoms with E-state index in [-0.39, 0.29) is 6.54 Å².